The lowest BCUT2D eigenvalue weighted by Gasteiger charge is -2.38. The molecule has 1 aliphatic rings. The molecule has 94 valence electrons. The topological polar surface area (TPSA) is 53.6 Å². The molecule has 1 unspecified atom stereocenters. The molecule has 0 bridgehead atoms. The van der Waals surface area contributed by atoms with Crippen molar-refractivity contribution in [3.8, 4) is 0 Å². The Kier molecular flexibility index (Phi) is 5.73. The molecule has 0 aliphatic carbocycles. The Bertz CT molecular complexity index is 219. The molecule has 1 aliphatic heterocycles. The number of carbonyl (C=O) groups excluding carboxylic acids is 1. The van der Waals surface area contributed by atoms with Gasteiger partial charge in [0.05, 0.1) is 6.04 Å². The Morgan fingerprint density at radius 1 is 1.62 bits per heavy atom. The SMILES string of the molecule is COCCCNC(=O)C(C)N(C)C1CNC1. The molecule has 2 N–H and O–H groups in total. The Labute approximate surface area is 97.5 Å². The van der Waals surface area contributed by atoms with Crippen LogP contribution in [0.1, 0.15) is 13.3 Å². The first-order valence-electron chi connectivity index (χ1n) is 5.86. The van der Waals surface area contributed by atoms with Crippen molar-refractivity contribution in [2.75, 3.05) is 40.4 Å². The molecule has 5 nitrogen and oxygen atoms in total. The number of rotatable bonds is 7. The lowest BCUT2D eigenvalue weighted by atomic mass is 10.1. The maximum Gasteiger partial charge on any atom is 0.237 e. The zero-order valence-electron chi connectivity index (χ0n) is 10.5. The van der Waals surface area contributed by atoms with Crippen LogP contribution >= 0.6 is 0 Å². The van der Waals surface area contributed by atoms with Gasteiger partial charge >= 0.3 is 0 Å². The summed E-state index contributed by atoms with van der Waals surface area (Å²) in [5, 5.41) is 6.13. The van der Waals surface area contributed by atoms with Crippen LogP contribution in [0.4, 0.5) is 0 Å². The normalized spacial score (nSPS) is 18.2. The third kappa shape index (κ3) is 3.73. The van der Waals surface area contributed by atoms with E-state index in [9.17, 15) is 4.79 Å². The minimum atomic E-state index is -0.0605. The first-order valence-corrected chi connectivity index (χ1v) is 5.86. The van der Waals surface area contributed by atoms with E-state index in [0.29, 0.717) is 19.2 Å². The largest absolute Gasteiger partial charge is 0.385 e. The van der Waals surface area contributed by atoms with Crippen molar-refractivity contribution >= 4 is 5.91 Å². The number of hydrogen-bond acceptors (Lipinski definition) is 4. The molecule has 1 fully saturated rings. The minimum absolute atomic E-state index is 0.0605. The first kappa shape index (κ1) is 13.4. The summed E-state index contributed by atoms with van der Waals surface area (Å²) >= 11 is 0. The van der Waals surface area contributed by atoms with Crippen LogP contribution in [0.5, 0.6) is 0 Å². The minimum Gasteiger partial charge on any atom is -0.385 e. The van der Waals surface area contributed by atoms with E-state index in [1.807, 2.05) is 14.0 Å². The molecule has 1 saturated heterocycles. The monoisotopic (exact) mass is 229 g/mol. The Morgan fingerprint density at radius 3 is 2.81 bits per heavy atom. The summed E-state index contributed by atoms with van der Waals surface area (Å²) in [5.74, 6) is 0.102. The van der Waals surface area contributed by atoms with Crippen molar-refractivity contribution < 1.29 is 9.53 Å². The lowest BCUT2D eigenvalue weighted by Crippen LogP contribution is -2.60. The molecule has 0 saturated carbocycles. The highest BCUT2D eigenvalue weighted by Gasteiger charge is 2.28. The Balaban J connectivity index is 2.18. The summed E-state index contributed by atoms with van der Waals surface area (Å²) in [4.78, 5) is 13.9. The second kappa shape index (κ2) is 6.83. The Hall–Kier alpha value is -0.650. The smallest absolute Gasteiger partial charge is 0.237 e. The lowest BCUT2D eigenvalue weighted by molar-refractivity contribution is -0.126. The molecule has 0 radical (unpaired) electrons. The van der Waals surface area contributed by atoms with Gasteiger partial charge in [-0.05, 0) is 20.4 Å². The van der Waals surface area contributed by atoms with Gasteiger partial charge in [0.1, 0.15) is 0 Å². The van der Waals surface area contributed by atoms with Crippen molar-refractivity contribution in [2.45, 2.75) is 25.4 Å². The highest BCUT2D eigenvalue weighted by atomic mass is 16.5. The van der Waals surface area contributed by atoms with Gasteiger partial charge in [0.2, 0.25) is 5.91 Å². The van der Waals surface area contributed by atoms with Crippen molar-refractivity contribution in [1.29, 1.82) is 0 Å². The van der Waals surface area contributed by atoms with Crippen LogP contribution < -0.4 is 10.6 Å². The van der Waals surface area contributed by atoms with Crippen LogP contribution in [0.15, 0.2) is 0 Å². The van der Waals surface area contributed by atoms with Crippen LogP contribution in [0.25, 0.3) is 0 Å². The molecule has 0 aromatic heterocycles. The maximum atomic E-state index is 11.8. The molecule has 1 rings (SSSR count). The predicted molar refractivity (Wildman–Crippen MR) is 63.4 cm³/mol. The summed E-state index contributed by atoms with van der Waals surface area (Å²) in [7, 11) is 3.67. The quantitative estimate of drug-likeness (QED) is 0.574. The van der Waals surface area contributed by atoms with Crippen LogP contribution in [-0.2, 0) is 9.53 Å². The highest BCUT2D eigenvalue weighted by Crippen LogP contribution is 2.06. The van der Waals surface area contributed by atoms with E-state index in [-0.39, 0.29) is 11.9 Å². The maximum absolute atomic E-state index is 11.8. The van der Waals surface area contributed by atoms with Crippen LogP contribution in [0, 0.1) is 0 Å². The summed E-state index contributed by atoms with van der Waals surface area (Å²) in [6.07, 6.45) is 0.865. The van der Waals surface area contributed by atoms with Gasteiger partial charge in [-0.25, -0.2) is 0 Å². The zero-order valence-corrected chi connectivity index (χ0v) is 10.5. The molecule has 0 spiro atoms. The summed E-state index contributed by atoms with van der Waals surface area (Å²) in [5.41, 5.74) is 0. The van der Waals surface area contributed by atoms with Gasteiger partial charge in [-0.3, -0.25) is 9.69 Å². The molecule has 16 heavy (non-hydrogen) atoms. The van der Waals surface area contributed by atoms with E-state index in [1.54, 1.807) is 7.11 Å². The van der Waals surface area contributed by atoms with Gasteiger partial charge in [0, 0.05) is 39.4 Å². The van der Waals surface area contributed by atoms with Crippen LogP contribution in [0.3, 0.4) is 0 Å². The van der Waals surface area contributed by atoms with Gasteiger partial charge in [0.15, 0.2) is 0 Å². The fraction of sp³-hybridized carbons (Fsp3) is 0.909. The molecule has 1 atom stereocenters. The molecular weight excluding hydrogens is 206 g/mol. The number of hydrogen-bond donors (Lipinski definition) is 2. The first-order chi connectivity index (χ1) is 7.66. The molecule has 5 heteroatoms. The average molecular weight is 229 g/mol. The number of nitrogens with zero attached hydrogens (tertiary/aromatic N) is 1. The predicted octanol–water partition coefficient (Wildman–Crippen LogP) is -0.569. The molecule has 1 amide bonds. The molecule has 0 aromatic rings. The second-order valence-corrected chi connectivity index (χ2v) is 4.29. The number of likely N-dealkylation sites (N-methyl/N-ethyl adjacent to an activating group) is 1. The number of methoxy groups -OCH3 is 1. The third-order valence-corrected chi connectivity index (χ3v) is 3.15. The Morgan fingerprint density at radius 2 is 2.31 bits per heavy atom. The summed E-state index contributed by atoms with van der Waals surface area (Å²) < 4.78 is 4.93. The number of nitrogens with one attached hydrogen (secondary N) is 2. The van der Waals surface area contributed by atoms with Crippen LogP contribution in [0.2, 0.25) is 0 Å². The van der Waals surface area contributed by atoms with Crippen molar-refractivity contribution in [2.24, 2.45) is 0 Å². The van der Waals surface area contributed by atoms with E-state index in [1.165, 1.54) is 0 Å². The third-order valence-electron chi connectivity index (χ3n) is 3.15. The molecule has 1 heterocycles. The second-order valence-electron chi connectivity index (χ2n) is 4.29. The van der Waals surface area contributed by atoms with E-state index < -0.39 is 0 Å². The molecular formula is C11H23N3O2. The standard InChI is InChI=1S/C11H23N3O2/c1-9(14(2)10-7-12-8-10)11(15)13-5-4-6-16-3/h9-10,12H,4-8H2,1-3H3,(H,13,15). The number of carbonyl (C=O) groups is 1. The fourth-order valence-corrected chi connectivity index (χ4v) is 1.64. The van der Waals surface area contributed by atoms with Gasteiger partial charge in [-0.2, -0.15) is 0 Å². The van der Waals surface area contributed by atoms with Gasteiger partial charge in [-0.1, -0.05) is 0 Å². The fourth-order valence-electron chi connectivity index (χ4n) is 1.64. The number of amides is 1. The van der Waals surface area contributed by atoms with Gasteiger partial charge in [-0.15, -0.1) is 0 Å². The van der Waals surface area contributed by atoms with E-state index in [0.717, 1.165) is 19.5 Å². The van der Waals surface area contributed by atoms with E-state index >= 15 is 0 Å². The average Bonchev–Trinajstić information content (AvgIpc) is 2.20. The summed E-state index contributed by atoms with van der Waals surface area (Å²) in [6.45, 7) is 5.30. The van der Waals surface area contributed by atoms with Gasteiger partial charge < -0.3 is 15.4 Å². The van der Waals surface area contributed by atoms with Crippen molar-refractivity contribution in [1.82, 2.24) is 15.5 Å². The summed E-state index contributed by atoms with van der Waals surface area (Å²) in [6, 6.07) is 0.439. The van der Waals surface area contributed by atoms with E-state index in [4.69, 9.17) is 4.74 Å². The highest BCUT2D eigenvalue weighted by molar-refractivity contribution is 5.81. The van der Waals surface area contributed by atoms with Gasteiger partial charge in [0.25, 0.3) is 0 Å². The molecule has 0 aromatic carbocycles. The zero-order chi connectivity index (χ0) is 12.0. The van der Waals surface area contributed by atoms with Crippen molar-refractivity contribution in [3.63, 3.8) is 0 Å². The number of ether oxygens (including phenoxy) is 1. The van der Waals surface area contributed by atoms with E-state index in [2.05, 4.69) is 15.5 Å². The van der Waals surface area contributed by atoms with Crippen LogP contribution in [-0.4, -0.2) is 63.3 Å². The van der Waals surface area contributed by atoms with Crippen molar-refractivity contribution in [3.05, 3.63) is 0 Å².